The number of hydrogen-bond donors (Lipinski definition) is 2. The minimum absolute atomic E-state index is 0.0612. The molecule has 2 atom stereocenters. The van der Waals surface area contributed by atoms with Gasteiger partial charge in [0, 0.05) is 16.5 Å². The Labute approximate surface area is 114 Å². The molecule has 1 aromatic rings. The van der Waals surface area contributed by atoms with Gasteiger partial charge in [-0.1, -0.05) is 44.0 Å². The van der Waals surface area contributed by atoms with Gasteiger partial charge in [0.25, 0.3) is 0 Å². The monoisotopic (exact) mass is 267 g/mol. The number of benzene rings is 1. The van der Waals surface area contributed by atoms with Gasteiger partial charge < -0.3 is 10.8 Å². The third kappa shape index (κ3) is 2.29. The molecule has 1 aromatic carbocycles. The fraction of sp³-hybridized carbons (Fsp3) is 0.600. The van der Waals surface area contributed by atoms with Crippen LogP contribution in [0.4, 0.5) is 0 Å². The second kappa shape index (κ2) is 5.20. The third-order valence-electron chi connectivity index (χ3n) is 4.35. The molecule has 0 spiro atoms. The maximum Gasteiger partial charge on any atom is 0.0722 e. The Morgan fingerprint density at radius 1 is 1.22 bits per heavy atom. The standard InChI is InChI=1S/C15H22ClNO/c1-10(2)13(18)14(17)15(8-3-9-15)11-4-6-12(16)7-5-11/h4-7,10,13-14,18H,3,8-9,17H2,1-2H3/t13-,14+/m1/s1. The van der Waals surface area contributed by atoms with E-state index in [2.05, 4.69) is 12.1 Å². The average molecular weight is 268 g/mol. The van der Waals surface area contributed by atoms with Crippen molar-refractivity contribution in [1.82, 2.24) is 0 Å². The highest BCUT2D eigenvalue weighted by Gasteiger charge is 2.46. The summed E-state index contributed by atoms with van der Waals surface area (Å²) in [5.74, 6) is 0.185. The highest BCUT2D eigenvalue weighted by molar-refractivity contribution is 6.30. The van der Waals surface area contributed by atoms with Crippen LogP contribution in [0.25, 0.3) is 0 Å². The number of aliphatic hydroxyl groups excluding tert-OH is 1. The fourth-order valence-corrected chi connectivity index (χ4v) is 3.02. The van der Waals surface area contributed by atoms with E-state index in [0.717, 1.165) is 17.9 Å². The first-order valence-corrected chi connectivity index (χ1v) is 7.05. The Bertz CT molecular complexity index is 397. The second-order valence-electron chi connectivity index (χ2n) is 5.78. The lowest BCUT2D eigenvalue weighted by molar-refractivity contribution is 0.0362. The van der Waals surface area contributed by atoms with Gasteiger partial charge in [-0.2, -0.15) is 0 Å². The van der Waals surface area contributed by atoms with E-state index in [1.54, 1.807) is 0 Å². The van der Waals surface area contributed by atoms with E-state index in [-0.39, 0.29) is 17.4 Å². The number of hydrogen-bond acceptors (Lipinski definition) is 2. The van der Waals surface area contributed by atoms with E-state index in [4.69, 9.17) is 17.3 Å². The van der Waals surface area contributed by atoms with Gasteiger partial charge in [0.05, 0.1) is 6.10 Å². The number of aliphatic hydroxyl groups is 1. The molecule has 2 nitrogen and oxygen atoms in total. The summed E-state index contributed by atoms with van der Waals surface area (Å²) in [6, 6.07) is 7.71. The van der Waals surface area contributed by atoms with Crippen LogP contribution in [0.1, 0.15) is 38.7 Å². The van der Waals surface area contributed by atoms with E-state index >= 15 is 0 Å². The van der Waals surface area contributed by atoms with Gasteiger partial charge in [0.1, 0.15) is 0 Å². The third-order valence-corrected chi connectivity index (χ3v) is 4.61. The molecule has 0 saturated heterocycles. The Morgan fingerprint density at radius 3 is 2.17 bits per heavy atom. The number of rotatable bonds is 4. The normalized spacial score (nSPS) is 21.4. The summed E-state index contributed by atoms with van der Waals surface area (Å²) in [7, 11) is 0. The van der Waals surface area contributed by atoms with E-state index in [1.807, 2.05) is 26.0 Å². The lowest BCUT2D eigenvalue weighted by Gasteiger charge is -2.49. The van der Waals surface area contributed by atoms with Gasteiger partial charge in [0.15, 0.2) is 0 Å². The summed E-state index contributed by atoms with van der Waals surface area (Å²) in [4.78, 5) is 0. The van der Waals surface area contributed by atoms with Crippen molar-refractivity contribution in [3.8, 4) is 0 Å². The van der Waals surface area contributed by atoms with Gasteiger partial charge in [-0.15, -0.1) is 0 Å². The molecule has 1 saturated carbocycles. The van der Waals surface area contributed by atoms with Crippen LogP contribution in [0, 0.1) is 5.92 Å². The lowest BCUT2D eigenvalue weighted by atomic mass is 9.58. The zero-order valence-electron chi connectivity index (χ0n) is 11.1. The zero-order valence-corrected chi connectivity index (χ0v) is 11.8. The second-order valence-corrected chi connectivity index (χ2v) is 6.21. The fourth-order valence-electron chi connectivity index (χ4n) is 2.90. The summed E-state index contributed by atoms with van der Waals surface area (Å²) >= 11 is 5.93. The largest absolute Gasteiger partial charge is 0.391 e. The summed E-state index contributed by atoms with van der Waals surface area (Å²) in [6.45, 7) is 4.03. The zero-order chi connectivity index (χ0) is 13.3. The molecule has 1 aliphatic carbocycles. The van der Waals surface area contributed by atoms with E-state index in [0.29, 0.717) is 0 Å². The molecule has 0 unspecified atom stereocenters. The van der Waals surface area contributed by atoms with Crippen LogP contribution in [0.15, 0.2) is 24.3 Å². The summed E-state index contributed by atoms with van der Waals surface area (Å²) < 4.78 is 0. The first-order chi connectivity index (χ1) is 8.47. The Balaban J connectivity index is 2.28. The van der Waals surface area contributed by atoms with Gasteiger partial charge in [-0.3, -0.25) is 0 Å². The SMILES string of the molecule is CC(C)[C@@H](O)[C@H](N)C1(c2ccc(Cl)cc2)CCC1. The summed E-state index contributed by atoms with van der Waals surface area (Å²) in [5.41, 5.74) is 7.50. The van der Waals surface area contributed by atoms with Gasteiger partial charge >= 0.3 is 0 Å². The molecular weight excluding hydrogens is 246 g/mol. The molecule has 18 heavy (non-hydrogen) atoms. The molecule has 0 aliphatic heterocycles. The predicted octanol–water partition coefficient (Wildman–Crippen LogP) is 3.11. The maximum atomic E-state index is 10.3. The van der Waals surface area contributed by atoms with Crippen molar-refractivity contribution in [1.29, 1.82) is 0 Å². The summed E-state index contributed by atoms with van der Waals surface area (Å²) in [5, 5.41) is 11.0. The average Bonchev–Trinajstić information content (AvgIpc) is 2.28. The maximum absolute atomic E-state index is 10.3. The first-order valence-electron chi connectivity index (χ1n) is 6.67. The molecule has 0 amide bonds. The van der Waals surface area contributed by atoms with Crippen LogP contribution >= 0.6 is 11.6 Å². The summed E-state index contributed by atoms with van der Waals surface area (Å²) in [6.07, 6.45) is 2.83. The molecule has 3 N–H and O–H groups in total. The molecule has 1 fully saturated rings. The van der Waals surface area contributed by atoms with Crippen LogP contribution in [0.3, 0.4) is 0 Å². The lowest BCUT2D eigenvalue weighted by Crippen LogP contribution is -2.57. The van der Waals surface area contributed by atoms with Crippen molar-refractivity contribution < 1.29 is 5.11 Å². The quantitative estimate of drug-likeness (QED) is 0.881. The molecule has 100 valence electrons. The smallest absolute Gasteiger partial charge is 0.0722 e. The number of halogens is 1. The first kappa shape index (κ1) is 13.9. The number of nitrogens with two attached hydrogens (primary N) is 1. The van der Waals surface area contributed by atoms with Crippen LogP contribution in [0.2, 0.25) is 5.02 Å². The van der Waals surface area contributed by atoms with Crippen LogP contribution < -0.4 is 5.73 Å². The molecule has 0 radical (unpaired) electrons. The molecule has 3 heteroatoms. The van der Waals surface area contributed by atoms with Gasteiger partial charge in [-0.25, -0.2) is 0 Å². The topological polar surface area (TPSA) is 46.2 Å². The van der Waals surface area contributed by atoms with Crippen molar-refractivity contribution >= 4 is 11.6 Å². The minimum atomic E-state index is -0.457. The molecular formula is C15H22ClNO. The van der Waals surface area contributed by atoms with Crippen LogP contribution in [0.5, 0.6) is 0 Å². The Morgan fingerprint density at radius 2 is 1.78 bits per heavy atom. The van der Waals surface area contributed by atoms with Crippen molar-refractivity contribution in [2.45, 2.75) is 50.7 Å². The van der Waals surface area contributed by atoms with Crippen molar-refractivity contribution in [3.63, 3.8) is 0 Å². The highest BCUT2D eigenvalue weighted by Crippen LogP contribution is 2.47. The predicted molar refractivity (Wildman–Crippen MR) is 75.8 cm³/mol. The highest BCUT2D eigenvalue weighted by atomic mass is 35.5. The van der Waals surface area contributed by atoms with Crippen LogP contribution in [-0.2, 0) is 5.41 Å². The Kier molecular flexibility index (Phi) is 4.00. The van der Waals surface area contributed by atoms with Gasteiger partial charge in [0.2, 0.25) is 0 Å². The van der Waals surface area contributed by atoms with E-state index < -0.39 is 6.10 Å². The molecule has 1 aliphatic rings. The van der Waals surface area contributed by atoms with E-state index in [9.17, 15) is 5.11 Å². The van der Waals surface area contributed by atoms with Crippen LogP contribution in [-0.4, -0.2) is 17.3 Å². The molecule has 2 rings (SSSR count). The molecule has 0 aromatic heterocycles. The molecule has 0 heterocycles. The Hall–Kier alpha value is -0.570. The van der Waals surface area contributed by atoms with Crippen molar-refractivity contribution in [2.75, 3.05) is 0 Å². The minimum Gasteiger partial charge on any atom is -0.391 e. The molecule has 0 bridgehead atoms. The van der Waals surface area contributed by atoms with Gasteiger partial charge in [-0.05, 0) is 36.5 Å². The van der Waals surface area contributed by atoms with Crippen molar-refractivity contribution in [3.05, 3.63) is 34.9 Å². The van der Waals surface area contributed by atoms with Crippen molar-refractivity contribution in [2.24, 2.45) is 11.7 Å². The van der Waals surface area contributed by atoms with E-state index in [1.165, 1.54) is 12.0 Å².